The molecule has 0 radical (unpaired) electrons. The first-order chi connectivity index (χ1) is 7.38. The molecule has 1 N–H and O–H groups in total. The molecular weight excluding hydrogens is 206 g/mol. The van der Waals surface area contributed by atoms with Crippen LogP contribution in [-0.2, 0) is 4.74 Å². The summed E-state index contributed by atoms with van der Waals surface area (Å²) >= 11 is 0. The van der Waals surface area contributed by atoms with E-state index in [-0.39, 0.29) is 17.7 Å². The van der Waals surface area contributed by atoms with E-state index in [0.29, 0.717) is 0 Å². The molecule has 0 heterocycles. The molecule has 1 amide bonds. The lowest BCUT2D eigenvalue weighted by molar-refractivity contribution is -0.0330. The van der Waals surface area contributed by atoms with Crippen molar-refractivity contribution >= 4 is 6.09 Å². The highest BCUT2D eigenvalue weighted by atomic mass is 16.5. The van der Waals surface area contributed by atoms with Crippen LogP contribution in [0, 0.1) is 0 Å². The van der Waals surface area contributed by atoms with Gasteiger partial charge >= 0.3 is 6.09 Å². The first kappa shape index (κ1) is 13.3. The average Bonchev–Trinajstić information content (AvgIpc) is 2.15. The second-order valence-electron chi connectivity index (χ2n) is 5.45. The van der Waals surface area contributed by atoms with Gasteiger partial charge in [-0.15, -0.1) is 0 Å². The Hall–Kier alpha value is -0.770. The monoisotopic (exact) mass is 229 g/mol. The Morgan fingerprint density at radius 2 is 1.88 bits per heavy atom. The maximum Gasteiger partial charge on any atom is 0.408 e. The minimum atomic E-state index is -0.846. The molecule has 0 aliphatic heterocycles. The summed E-state index contributed by atoms with van der Waals surface area (Å²) < 4.78 is 5.43. The van der Waals surface area contributed by atoms with E-state index in [1.54, 1.807) is 12.0 Å². The van der Waals surface area contributed by atoms with Crippen molar-refractivity contribution in [1.29, 1.82) is 0 Å². The van der Waals surface area contributed by atoms with Gasteiger partial charge in [0, 0.05) is 12.6 Å². The number of carboxylic acid groups (broad SMARTS) is 1. The van der Waals surface area contributed by atoms with Crippen LogP contribution in [0.15, 0.2) is 0 Å². The van der Waals surface area contributed by atoms with Crippen molar-refractivity contribution in [2.75, 3.05) is 7.11 Å². The third-order valence-corrected chi connectivity index (χ3v) is 3.23. The van der Waals surface area contributed by atoms with Gasteiger partial charge in [0.1, 0.15) is 0 Å². The summed E-state index contributed by atoms with van der Waals surface area (Å²) in [6.45, 7) is 5.80. The van der Waals surface area contributed by atoms with E-state index >= 15 is 0 Å². The normalized spacial score (nSPS) is 26.5. The Morgan fingerprint density at radius 3 is 2.31 bits per heavy atom. The first-order valence-corrected chi connectivity index (χ1v) is 5.93. The molecule has 0 aromatic carbocycles. The lowest BCUT2D eigenvalue weighted by Gasteiger charge is -2.44. The summed E-state index contributed by atoms with van der Waals surface area (Å²) in [6, 6.07) is -0.00347. The lowest BCUT2D eigenvalue weighted by atomic mass is 9.88. The van der Waals surface area contributed by atoms with E-state index in [1.807, 2.05) is 20.8 Å². The molecule has 0 aromatic heterocycles. The quantitative estimate of drug-likeness (QED) is 0.792. The summed E-state index contributed by atoms with van der Waals surface area (Å²) in [6.07, 6.45) is 3.28. The number of ether oxygens (including phenoxy) is 1. The Balaban J connectivity index is 2.87. The maximum absolute atomic E-state index is 11.4. The van der Waals surface area contributed by atoms with Crippen LogP contribution in [-0.4, -0.2) is 40.9 Å². The minimum absolute atomic E-state index is 0.00347. The van der Waals surface area contributed by atoms with Crippen molar-refractivity contribution < 1.29 is 14.6 Å². The Labute approximate surface area is 97.6 Å². The highest BCUT2D eigenvalue weighted by molar-refractivity contribution is 5.66. The summed E-state index contributed by atoms with van der Waals surface area (Å²) in [4.78, 5) is 12.9. The van der Waals surface area contributed by atoms with Gasteiger partial charge in [-0.3, -0.25) is 4.90 Å². The number of amides is 1. The van der Waals surface area contributed by atoms with E-state index in [9.17, 15) is 9.90 Å². The standard InChI is InChI=1S/C12H23NO3/c1-12(2,3)13(11(14)15)9-7-5-6-8-10(9)16-4/h9-10H,5-8H2,1-4H3,(H,14,15). The van der Waals surface area contributed by atoms with Crippen molar-refractivity contribution in [3.63, 3.8) is 0 Å². The van der Waals surface area contributed by atoms with Gasteiger partial charge in [0.15, 0.2) is 0 Å². The third-order valence-electron chi connectivity index (χ3n) is 3.23. The van der Waals surface area contributed by atoms with Crippen LogP contribution in [0.25, 0.3) is 0 Å². The van der Waals surface area contributed by atoms with Crippen molar-refractivity contribution in [3.05, 3.63) is 0 Å². The molecule has 94 valence electrons. The lowest BCUT2D eigenvalue weighted by Crippen LogP contribution is -2.56. The zero-order valence-electron chi connectivity index (χ0n) is 10.7. The Bertz CT molecular complexity index is 247. The number of rotatable bonds is 2. The summed E-state index contributed by atoms with van der Waals surface area (Å²) in [7, 11) is 1.67. The SMILES string of the molecule is COC1CCCCC1N(C(=O)O)C(C)(C)C. The van der Waals surface area contributed by atoms with Gasteiger partial charge in [0.25, 0.3) is 0 Å². The summed E-state index contributed by atoms with van der Waals surface area (Å²) in [5, 5.41) is 9.34. The van der Waals surface area contributed by atoms with Crippen LogP contribution in [0.2, 0.25) is 0 Å². The number of hydrogen-bond donors (Lipinski definition) is 1. The zero-order chi connectivity index (χ0) is 12.3. The molecule has 4 heteroatoms. The minimum Gasteiger partial charge on any atom is -0.465 e. The van der Waals surface area contributed by atoms with Crippen molar-refractivity contribution in [2.24, 2.45) is 0 Å². The largest absolute Gasteiger partial charge is 0.465 e. The fourth-order valence-corrected chi connectivity index (χ4v) is 2.57. The second kappa shape index (κ2) is 5.04. The van der Waals surface area contributed by atoms with Gasteiger partial charge in [-0.05, 0) is 33.6 Å². The van der Waals surface area contributed by atoms with Crippen molar-refractivity contribution in [1.82, 2.24) is 4.90 Å². The smallest absolute Gasteiger partial charge is 0.408 e. The van der Waals surface area contributed by atoms with Crippen molar-refractivity contribution in [2.45, 2.75) is 64.1 Å². The highest BCUT2D eigenvalue weighted by Gasteiger charge is 2.38. The highest BCUT2D eigenvalue weighted by Crippen LogP contribution is 2.30. The fourth-order valence-electron chi connectivity index (χ4n) is 2.57. The number of hydrogen-bond acceptors (Lipinski definition) is 2. The molecule has 4 nitrogen and oxygen atoms in total. The van der Waals surface area contributed by atoms with Gasteiger partial charge in [0.2, 0.25) is 0 Å². The Kier molecular flexibility index (Phi) is 4.19. The fraction of sp³-hybridized carbons (Fsp3) is 0.917. The molecule has 1 aliphatic carbocycles. The zero-order valence-corrected chi connectivity index (χ0v) is 10.7. The van der Waals surface area contributed by atoms with Gasteiger partial charge in [0.05, 0.1) is 12.1 Å². The predicted octanol–water partition coefficient (Wildman–Crippen LogP) is 2.72. The molecule has 1 aliphatic rings. The molecule has 2 unspecified atom stereocenters. The number of carbonyl (C=O) groups is 1. The number of methoxy groups -OCH3 is 1. The van der Waals surface area contributed by atoms with Crippen LogP contribution in [0.1, 0.15) is 46.5 Å². The first-order valence-electron chi connectivity index (χ1n) is 5.93. The van der Waals surface area contributed by atoms with Crippen LogP contribution in [0.4, 0.5) is 4.79 Å². The van der Waals surface area contributed by atoms with Crippen LogP contribution in [0.5, 0.6) is 0 Å². The maximum atomic E-state index is 11.4. The van der Waals surface area contributed by atoms with E-state index in [0.717, 1.165) is 25.7 Å². The Morgan fingerprint density at radius 1 is 1.31 bits per heavy atom. The molecule has 0 spiro atoms. The van der Waals surface area contributed by atoms with Gasteiger partial charge in [-0.25, -0.2) is 4.79 Å². The van der Waals surface area contributed by atoms with Crippen molar-refractivity contribution in [3.8, 4) is 0 Å². The third kappa shape index (κ3) is 2.88. The molecule has 0 aromatic rings. The van der Waals surface area contributed by atoms with Crippen LogP contribution in [0.3, 0.4) is 0 Å². The molecule has 16 heavy (non-hydrogen) atoms. The summed E-state index contributed by atoms with van der Waals surface area (Å²) in [5.74, 6) is 0. The van der Waals surface area contributed by atoms with Gasteiger partial charge in [-0.1, -0.05) is 12.8 Å². The van der Waals surface area contributed by atoms with Crippen LogP contribution >= 0.6 is 0 Å². The molecule has 1 fully saturated rings. The molecule has 1 saturated carbocycles. The van der Waals surface area contributed by atoms with E-state index < -0.39 is 6.09 Å². The predicted molar refractivity (Wildman–Crippen MR) is 62.7 cm³/mol. The number of nitrogens with zero attached hydrogens (tertiary/aromatic N) is 1. The van der Waals surface area contributed by atoms with E-state index in [2.05, 4.69) is 0 Å². The molecule has 0 saturated heterocycles. The van der Waals surface area contributed by atoms with E-state index in [1.165, 1.54) is 0 Å². The summed E-state index contributed by atoms with van der Waals surface area (Å²) in [5.41, 5.74) is -0.370. The topological polar surface area (TPSA) is 49.8 Å². The van der Waals surface area contributed by atoms with E-state index in [4.69, 9.17) is 4.74 Å². The molecule has 0 bridgehead atoms. The average molecular weight is 229 g/mol. The molecule has 2 atom stereocenters. The molecule has 1 rings (SSSR count). The van der Waals surface area contributed by atoms with Gasteiger partial charge in [-0.2, -0.15) is 0 Å². The van der Waals surface area contributed by atoms with Crippen LogP contribution < -0.4 is 0 Å². The second-order valence-corrected chi connectivity index (χ2v) is 5.45. The molecular formula is C12H23NO3. The van der Waals surface area contributed by atoms with Gasteiger partial charge < -0.3 is 9.84 Å².